The molecule has 38 heavy (non-hydrogen) atoms. The smallest absolute Gasteiger partial charge is 0.418 e. The number of methoxy groups -OCH3 is 1. The van der Waals surface area contributed by atoms with E-state index in [-0.39, 0.29) is 23.4 Å². The van der Waals surface area contributed by atoms with E-state index in [1.54, 1.807) is 33.1 Å². The summed E-state index contributed by atoms with van der Waals surface area (Å²) in [6.07, 6.45) is -0.978. The summed E-state index contributed by atoms with van der Waals surface area (Å²) < 4.78 is 47.4. The largest absolute Gasteiger partial charge is 0.497 e. The Morgan fingerprint density at radius 3 is 2.26 bits per heavy atom. The number of ether oxygens (including phenoxy) is 1. The van der Waals surface area contributed by atoms with E-state index in [1.807, 2.05) is 37.3 Å². The number of hydrogen-bond donors (Lipinski definition) is 1. The average Bonchev–Trinajstić information content (AvgIpc) is 3.35. The molecule has 1 aromatic heterocycles. The second-order valence-electron chi connectivity index (χ2n) is 10.0. The normalized spacial score (nSPS) is 14.6. The molecule has 1 N–H and O–H groups in total. The number of rotatable bonds is 6. The van der Waals surface area contributed by atoms with Crippen LogP contribution in [0, 0.1) is 6.92 Å². The van der Waals surface area contributed by atoms with E-state index < -0.39 is 17.6 Å². The molecule has 0 spiro atoms. The molecule has 0 aliphatic carbocycles. The molecule has 2 aromatic carbocycles. The number of carbonyl (C=O) groups excluding carboxylic acids is 2. The van der Waals surface area contributed by atoms with Crippen molar-refractivity contribution in [1.82, 2.24) is 9.47 Å². The van der Waals surface area contributed by atoms with Crippen LogP contribution < -0.4 is 10.1 Å². The molecule has 1 aliphatic rings. The molecule has 0 bridgehead atoms. The molecule has 6 nitrogen and oxygen atoms in total. The number of nitrogens with zero attached hydrogens (tertiary/aromatic N) is 2. The molecule has 9 heteroatoms. The van der Waals surface area contributed by atoms with Crippen LogP contribution in [-0.2, 0) is 6.18 Å². The van der Waals surface area contributed by atoms with Crippen LogP contribution in [0.3, 0.4) is 0 Å². The molecular formula is C29H32F3N3O3. The van der Waals surface area contributed by atoms with Crippen molar-refractivity contribution in [2.45, 2.75) is 51.7 Å². The maximum absolute atomic E-state index is 13.6. The molecule has 2 amide bonds. The highest BCUT2D eigenvalue weighted by Crippen LogP contribution is 2.35. The summed E-state index contributed by atoms with van der Waals surface area (Å²) in [6, 6.07) is 12.7. The van der Waals surface area contributed by atoms with Gasteiger partial charge in [0.1, 0.15) is 5.75 Å². The Bertz CT molecular complexity index is 1300. The summed E-state index contributed by atoms with van der Waals surface area (Å²) in [5.74, 6) is -0.0354. The van der Waals surface area contributed by atoms with Gasteiger partial charge in [0.25, 0.3) is 11.8 Å². The van der Waals surface area contributed by atoms with Crippen molar-refractivity contribution >= 4 is 17.5 Å². The summed E-state index contributed by atoms with van der Waals surface area (Å²) in [7, 11) is 1.55. The lowest BCUT2D eigenvalue weighted by Gasteiger charge is -2.32. The number of amides is 2. The first-order chi connectivity index (χ1) is 18.0. The number of benzene rings is 2. The first kappa shape index (κ1) is 27.3. The van der Waals surface area contributed by atoms with Crippen LogP contribution in [0.1, 0.15) is 76.1 Å². The van der Waals surface area contributed by atoms with Crippen molar-refractivity contribution in [1.29, 1.82) is 0 Å². The first-order valence-corrected chi connectivity index (χ1v) is 12.6. The van der Waals surface area contributed by atoms with Crippen LogP contribution in [0.15, 0.2) is 54.9 Å². The van der Waals surface area contributed by atoms with Crippen molar-refractivity contribution < 1.29 is 27.5 Å². The van der Waals surface area contributed by atoms with E-state index in [1.165, 1.54) is 15.7 Å². The fraction of sp³-hybridized carbons (Fsp3) is 0.379. The van der Waals surface area contributed by atoms with E-state index >= 15 is 0 Å². The first-order valence-electron chi connectivity index (χ1n) is 12.6. The summed E-state index contributed by atoms with van der Waals surface area (Å²) >= 11 is 0. The molecule has 1 saturated heterocycles. The number of hydrogen-bond acceptors (Lipinski definition) is 3. The number of aryl methyl sites for hydroxylation is 1. The van der Waals surface area contributed by atoms with Crippen LogP contribution in [-0.4, -0.2) is 41.5 Å². The molecule has 3 aromatic rings. The highest BCUT2D eigenvalue weighted by atomic mass is 19.4. The van der Waals surface area contributed by atoms with Crippen LogP contribution in [0.25, 0.3) is 0 Å². The minimum absolute atomic E-state index is 0.173. The van der Waals surface area contributed by atoms with Gasteiger partial charge in [-0.25, -0.2) is 0 Å². The molecule has 2 heterocycles. The Labute approximate surface area is 220 Å². The van der Waals surface area contributed by atoms with Gasteiger partial charge < -0.3 is 19.5 Å². The quantitative estimate of drug-likeness (QED) is 0.389. The Balaban J connectivity index is 1.38. The minimum Gasteiger partial charge on any atom is -0.497 e. The molecule has 1 aliphatic heterocycles. The van der Waals surface area contributed by atoms with Crippen molar-refractivity contribution in [3.63, 3.8) is 0 Å². The van der Waals surface area contributed by atoms with Crippen LogP contribution in [0.4, 0.5) is 18.9 Å². The Hall–Kier alpha value is -3.75. The van der Waals surface area contributed by atoms with Crippen molar-refractivity contribution in [2.75, 3.05) is 25.5 Å². The van der Waals surface area contributed by atoms with Gasteiger partial charge in [-0.1, -0.05) is 12.1 Å². The minimum atomic E-state index is -4.59. The number of nitrogens with one attached hydrogen (secondary N) is 1. The predicted molar refractivity (Wildman–Crippen MR) is 140 cm³/mol. The zero-order chi connectivity index (χ0) is 27.6. The summed E-state index contributed by atoms with van der Waals surface area (Å²) in [5, 5.41) is 2.89. The zero-order valence-electron chi connectivity index (χ0n) is 21.9. The number of halogens is 3. The molecular weight excluding hydrogens is 495 g/mol. The predicted octanol–water partition coefficient (Wildman–Crippen LogP) is 6.68. The fourth-order valence-electron chi connectivity index (χ4n) is 4.79. The second-order valence-corrected chi connectivity index (χ2v) is 10.0. The Morgan fingerprint density at radius 2 is 1.68 bits per heavy atom. The lowest BCUT2D eigenvalue weighted by Crippen LogP contribution is -2.38. The third-order valence-corrected chi connectivity index (χ3v) is 6.95. The highest BCUT2D eigenvalue weighted by molar-refractivity contribution is 6.04. The zero-order valence-corrected chi connectivity index (χ0v) is 21.9. The Kier molecular flexibility index (Phi) is 7.85. The Morgan fingerprint density at radius 1 is 1.03 bits per heavy atom. The molecule has 4 rings (SSSR count). The van der Waals surface area contributed by atoms with Gasteiger partial charge in [0.15, 0.2) is 0 Å². The molecule has 0 atom stereocenters. The maximum atomic E-state index is 13.6. The second kappa shape index (κ2) is 10.9. The summed E-state index contributed by atoms with van der Waals surface area (Å²) in [4.78, 5) is 27.2. The lowest BCUT2D eigenvalue weighted by atomic mass is 9.89. The highest BCUT2D eigenvalue weighted by Gasteiger charge is 2.38. The summed E-state index contributed by atoms with van der Waals surface area (Å²) in [5.41, 5.74) is 1.95. The van der Waals surface area contributed by atoms with E-state index in [0.29, 0.717) is 42.9 Å². The average molecular weight is 528 g/mol. The SMILES string of the molecule is COc1cc(C)cc(C(=O)Nc2ccc(C3CCN(C(=O)c4cn(C(C)C)cc4C(F)(F)F)CC3)cc2)c1. The number of anilines is 1. The van der Waals surface area contributed by atoms with Gasteiger partial charge >= 0.3 is 6.18 Å². The molecule has 0 saturated carbocycles. The van der Waals surface area contributed by atoms with Crippen LogP contribution >= 0.6 is 0 Å². The van der Waals surface area contributed by atoms with Gasteiger partial charge in [-0.15, -0.1) is 0 Å². The topological polar surface area (TPSA) is 63.6 Å². The standard InChI is InChI=1S/C29H32F3N3O3/c1-18(2)35-16-25(26(17-35)29(30,31)32)28(37)34-11-9-21(10-12-34)20-5-7-23(8-6-20)33-27(36)22-13-19(3)14-24(15-22)38-4/h5-8,13-18,21H,9-12H2,1-4H3,(H,33,36). The van der Waals surface area contributed by atoms with Crippen molar-refractivity contribution in [3.05, 3.63) is 82.7 Å². The van der Waals surface area contributed by atoms with E-state index in [0.717, 1.165) is 17.3 Å². The fourth-order valence-corrected chi connectivity index (χ4v) is 4.79. The van der Waals surface area contributed by atoms with Gasteiger partial charge in [0, 0.05) is 42.8 Å². The number of likely N-dealkylation sites (tertiary alicyclic amines) is 1. The van der Waals surface area contributed by atoms with Crippen LogP contribution in [0.2, 0.25) is 0 Å². The molecule has 1 fully saturated rings. The number of alkyl halides is 3. The van der Waals surface area contributed by atoms with Gasteiger partial charge in [-0.2, -0.15) is 13.2 Å². The van der Waals surface area contributed by atoms with Gasteiger partial charge in [0.2, 0.25) is 0 Å². The van der Waals surface area contributed by atoms with Crippen molar-refractivity contribution in [3.8, 4) is 5.75 Å². The maximum Gasteiger partial charge on any atom is 0.418 e. The molecule has 0 unspecified atom stereocenters. The van der Waals surface area contributed by atoms with Crippen LogP contribution in [0.5, 0.6) is 5.75 Å². The number of piperidine rings is 1. The monoisotopic (exact) mass is 527 g/mol. The lowest BCUT2D eigenvalue weighted by molar-refractivity contribution is -0.138. The number of aromatic nitrogens is 1. The molecule has 0 radical (unpaired) electrons. The molecule has 202 valence electrons. The van der Waals surface area contributed by atoms with E-state index in [2.05, 4.69) is 5.32 Å². The van der Waals surface area contributed by atoms with Gasteiger partial charge in [0.05, 0.1) is 18.2 Å². The van der Waals surface area contributed by atoms with Gasteiger partial charge in [-0.05, 0) is 81.0 Å². The third kappa shape index (κ3) is 6.03. The summed E-state index contributed by atoms with van der Waals surface area (Å²) in [6.45, 7) is 6.19. The van der Waals surface area contributed by atoms with Gasteiger partial charge in [-0.3, -0.25) is 9.59 Å². The third-order valence-electron chi connectivity index (χ3n) is 6.95. The van der Waals surface area contributed by atoms with E-state index in [4.69, 9.17) is 4.74 Å². The van der Waals surface area contributed by atoms with E-state index in [9.17, 15) is 22.8 Å². The number of carbonyl (C=O) groups is 2. The van der Waals surface area contributed by atoms with Crippen molar-refractivity contribution in [2.24, 2.45) is 0 Å².